The minimum atomic E-state index is -0.340. The zero-order valence-corrected chi connectivity index (χ0v) is 11.4. The van der Waals surface area contributed by atoms with Crippen molar-refractivity contribution in [1.29, 1.82) is 0 Å². The molecule has 0 unspecified atom stereocenters. The summed E-state index contributed by atoms with van der Waals surface area (Å²) in [6, 6.07) is 7.33. The molecule has 0 N–H and O–H groups in total. The molecule has 2 heterocycles. The maximum atomic E-state index is 11.7. The summed E-state index contributed by atoms with van der Waals surface area (Å²) in [5.41, 5.74) is 1.61. The third-order valence-electron chi connectivity index (χ3n) is 2.78. The number of rotatable bonds is 6. The first kappa shape index (κ1) is 14.1. The highest BCUT2D eigenvalue weighted by Gasteiger charge is 2.07. The highest BCUT2D eigenvalue weighted by Crippen LogP contribution is 2.02. The summed E-state index contributed by atoms with van der Waals surface area (Å²) in [7, 11) is 1.98. The molecule has 5 nitrogen and oxygen atoms in total. The predicted octanol–water partition coefficient (Wildman–Crippen LogP) is 1.77. The summed E-state index contributed by atoms with van der Waals surface area (Å²) in [5.74, 6) is -0.340. The predicted molar refractivity (Wildman–Crippen MR) is 75.1 cm³/mol. The van der Waals surface area contributed by atoms with Crippen LogP contribution in [-0.4, -0.2) is 41.0 Å². The quantitative estimate of drug-likeness (QED) is 0.749. The van der Waals surface area contributed by atoms with Crippen molar-refractivity contribution >= 4 is 5.97 Å². The van der Waals surface area contributed by atoms with Crippen LogP contribution in [0.1, 0.15) is 15.9 Å². The zero-order valence-electron chi connectivity index (χ0n) is 11.4. The van der Waals surface area contributed by atoms with E-state index in [1.54, 1.807) is 24.5 Å². The number of carbonyl (C=O) groups is 1. The van der Waals surface area contributed by atoms with Crippen molar-refractivity contribution in [3.05, 3.63) is 60.2 Å². The van der Waals surface area contributed by atoms with Crippen molar-refractivity contribution in [1.82, 2.24) is 14.9 Å². The van der Waals surface area contributed by atoms with Crippen LogP contribution in [0.5, 0.6) is 0 Å². The lowest BCUT2D eigenvalue weighted by Gasteiger charge is -2.16. The molecule has 0 fully saturated rings. The Balaban J connectivity index is 1.72. The monoisotopic (exact) mass is 271 g/mol. The van der Waals surface area contributed by atoms with Crippen LogP contribution >= 0.6 is 0 Å². The van der Waals surface area contributed by atoms with Crippen molar-refractivity contribution in [3.8, 4) is 0 Å². The molecule has 0 aliphatic rings. The molecule has 0 aliphatic carbocycles. The van der Waals surface area contributed by atoms with E-state index < -0.39 is 0 Å². The molecule has 0 aliphatic heterocycles. The van der Waals surface area contributed by atoms with Gasteiger partial charge in [-0.15, -0.1) is 0 Å². The Morgan fingerprint density at radius 1 is 1.20 bits per heavy atom. The van der Waals surface area contributed by atoms with Crippen molar-refractivity contribution in [2.75, 3.05) is 20.2 Å². The summed E-state index contributed by atoms with van der Waals surface area (Å²) in [6.07, 6.45) is 6.71. The standard InChI is InChI=1S/C15H17N3O2/c1-18(12-13-4-2-6-16-10-13)8-9-20-15(19)14-5-3-7-17-11-14/h2-7,10-11H,8-9,12H2,1H3. The van der Waals surface area contributed by atoms with Crippen LogP contribution in [0.15, 0.2) is 49.1 Å². The van der Waals surface area contributed by atoms with Gasteiger partial charge >= 0.3 is 5.97 Å². The molecule has 0 amide bonds. The molecule has 2 aromatic heterocycles. The number of carbonyl (C=O) groups excluding carboxylic acids is 1. The largest absolute Gasteiger partial charge is 0.461 e. The van der Waals surface area contributed by atoms with E-state index in [1.165, 1.54) is 6.20 Å². The molecule has 0 saturated heterocycles. The van der Waals surface area contributed by atoms with Crippen LogP contribution in [0.3, 0.4) is 0 Å². The van der Waals surface area contributed by atoms with Gasteiger partial charge in [-0.3, -0.25) is 14.9 Å². The average Bonchev–Trinajstić information content (AvgIpc) is 2.49. The first-order valence-corrected chi connectivity index (χ1v) is 6.40. The number of aromatic nitrogens is 2. The van der Waals surface area contributed by atoms with Crippen LogP contribution < -0.4 is 0 Å². The summed E-state index contributed by atoms with van der Waals surface area (Å²) in [6.45, 7) is 1.80. The number of hydrogen-bond donors (Lipinski definition) is 0. The number of pyridine rings is 2. The number of likely N-dealkylation sites (N-methyl/N-ethyl adjacent to an activating group) is 1. The second kappa shape index (κ2) is 7.35. The molecule has 20 heavy (non-hydrogen) atoms. The third kappa shape index (κ3) is 4.44. The van der Waals surface area contributed by atoms with E-state index >= 15 is 0 Å². The SMILES string of the molecule is CN(CCOC(=O)c1cccnc1)Cc1cccnc1. The van der Waals surface area contributed by atoms with Crippen LogP contribution in [0, 0.1) is 0 Å². The highest BCUT2D eigenvalue weighted by molar-refractivity contribution is 5.88. The van der Waals surface area contributed by atoms with Gasteiger partial charge in [-0.25, -0.2) is 4.79 Å². The molecule has 0 spiro atoms. The Hall–Kier alpha value is -2.27. The zero-order chi connectivity index (χ0) is 14.2. The van der Waals surface area contributed by atoms with E-state index in [1.807, 2.05) is 25.4 Å². The average molecular weight is 271 g/mol. The van der Waals surface area contributed by atoms with Crippen molar-refractivity contribution < 1.29 is 9.53 Å². The van der Waals surface area contributed by atoms with Gasteiger partial charge in [-0.1, -0.05) is 6.07 Å². The molecular weight excluding hydrogens is 254 g/mol. The maximum Gasteiger partial charge on any atom is 0.339 e. The lowest BCUT2D eigenvalue weighted by Crippen LogP contribution is -2.24. The fraction of sp³-hybridized carbons (Fsp3) is 0.267. The van der Waals surface area contributed by atoms with E-state index in [0.29, 0.717) is 18.7 Å². The Morgan fingerprint density at radius 2 is 1.95 bits per heavy atom. The van der Waals surface area contributed by atoms with Crippen LogP contribution in [0.4, 0.5) is 0 Å². The van der Waals surface area contributed by atoms with Crippen molar-refractivity contribution in [3.63, 3.8) is 0 Å². The van der Waals surface area contributed by atoms with Crippen LogP contribution in [-0.2, 0) is 11.3 Å². The Labute approximate surface area is 118 Å². The lowest BCUT2D eigenvalue weighted by molar-refractivity contribution is 0.0470. The Morgan fingerprint density at radius 3 is 2.60 bits per heavy atom. The molecular formula is C15H17N3O2. The summed E-state index contributed by atoms with van der Waals surface area (Å²) >= 11 is 0. The fourth-order valence-electron chi connectivity index (χ4n) is 1.74. The van der Waals surface area contributed by atoms with Crippen molar-refractivity contribution in [2.45, 2.75) is 6.54 Å². The van der Waals surface area contributed by atoms with Gasteiger partial charge in [0.15, 0.2) is 0 Å². The van der Waals surface area contributed by atoms with Crippen LogP contribution in [0.2, 0.25) is 0 Å². The van der Waals surface area contributed by atoms with E-state index in [-0.39, 0.29) is 5.97 Å². The number of esters is 1. The van der Waals surface area contributed by atoms with Crippen molar-refractivity contribution in [2.24, 2.45) is 0 Å². The van der Waals surface area contributed by atoms with Gasteiger partial charge < -0.3 is 4.74 Å². The van der Waals surface area contributed by atoms with Crippen LogP contribution in [0.25, 0.3) is 0 Å². The smallest absolute Gasteiger partial charge is 0.339 e. The molecule has 5 heteroatoms. The summed E-state index contributed by atoms with van der Waals surface area (Å²) in [5, 5.41) is 0. The highest BCUT2D eigenvalue weighted by atomic mass is 16.5. The first-order valence-electron chi connectivity index (χ1n) is 6.40. The lowest BCUT2D eigenvalue weighted by atomic mass is 10.3. The third-order valence-corrected chi connectivity index (χ3v) is 2.78. The molecule has 2 rings (SSSR count). The molecule has 0 radical (unpaired) electrons. The second-order valence-corrected chi connectivity index (χ2v) is 4.48. The van der Waals surface area contributed by atoms with Gasteiger partial charge in [0.1, 0.15) is 6.61 Å². The van der Waals surface area contributed by atoms with Gasteiger partial charge in [0.2, 0.25) is 0 Å². The summed E-state index contributed by atoms with van der Waals surface area (Å²) < 4.78 is 5.20. The number of hydrogen-bond acceptors (Lipinski definition) is 5. The minimum Gasteiger partial charge on any atom is -0.461 e. The van der Waals surface area contributed by atoms with E-state index in [4.69, 9.17) is 4.74 Å². The molecule has 0 atom stereocenters. The second-order valence-electron chi connectivity index (χ2n) is 4.48. The molecule has 0 aromatic carbocycles. The number of ether oxygens (including phenoxy) is 1. The maximum absolute atomic E-state index is 11.7. The molecule has 2 aromatic rings. The van der Waals surface area contributed by atoms with Gasteiger partial charge in [-0.05, 0) is 30.8 Å². The van der Waals surface area contributed by atoms with Gasteiger partial charge in [0, 0.05) is 37.9 Å². The minimum absolute atomic E-state index is 0.340. The van der Waals surface area contributed by atoms with Gasteiger partial charge in [0.05, 0.1) is 5.56 Å². The van der Waals surface area contributed by atoms with Gasteiger partial charge in [-0.2, -0.15) is 0 Å². The molecule has 104 valence electrons. The Bertz CT molecular complexity index is 531. The number of nitrogens with zero attached hydrogens (tertiary/aromatic N) is 3. The normalized spacial score (nSPS) is 10.5. The van der Waals surface area contributed by atoms with E-state index in [9.17, 15) is 4.79 Å². The van der Waals surface area contributed by atoms with E-state index in [0.717, 1.165) is 12.1 Å². The molecule has 0 saturated carbocycles. The Kier molecular flexibility index (Phi) is 5.20. The summed E-state index contributed by atoms with van der Waals surface area (Å²) in [4.78, 5) is 21.7. The fourth-order valence-corrected chi connectivity index (χ4v) is 1.74. The molecule has 0 bridgehead atoms. The topological polar surface area (TPSA) is 55.3 Å². The van der Waals surface area contributed by atoms with Gasteiger partial charge in [0.25, 0.3) is 0 Å². The van der Waals surface area contributed by atoms with E-state index in [2.05, 4.69) is 14.9 Å². The first-order chi connectivity index (χ1) is 9.75.